The molecule has 0 amide bonds. The van der Waals surface area contributed by atoms with Crippen LogP contribution in [-0.2, 0) is 26.2 Å². The quantitative estimate of drug-likeness (QED) is 0.632. The lowest BCUT2D eigenvalue weighted by atomic mass is 9.44. The van der Waals surface area contributed by atoms with Gasteiger partial charge in [-0.1, -0.05) is 13.0 Å². The van der Waals surface area contributed by atoms with E-state index in [0.29, 0.717) is 24.5 Å². The molecule has 0 radical (unpaired) electrons. The van der Waals surface area contributed by atoms with Crippen molar-refractivity contribution in [1.82, 2.24) is 5.32 Å². The van der Waals surface area contributed by atoms with E-state index >= 15 is 0 Å². The van der Waals surface area contributed by atoms with Crippen LogP contribution in [-0.4, -0.2) is 49.2 Å². The molecule has 0 aromatic heterocycles. The maximum atomic E-state index is 13.5. The topological polar surface area (TPSA) is 73.9 Å². The lowest BCUT2D eigenvalue weighted by Gasteiger charge is -2.64. The van der Waals surface area contributed by atoms with Crippen LogP contribution in [0.2, 0.25) is 0 Å². The highest BCUT2D eigenvalue weighted by atomic mass is 16.5. The van der Waals surface area contributed by atoms with Gasteiger partial charge in [0.25, 0.3) is 0 Å². The Balaban J connectivity index is 1.88. The lowest BCUT2D eigenvalue weighted by Crippen LogP contribution is -2.80. The van der Waals surface area contributed by atoms with Crippen molar-refractivity contribution < 1.29 is 23.8 Å². The summed E-state index contributed by atoms with van der Waals surface area (Å²) in [4.78, 5) is 25.2. The number of methoxy groups -OCH3 is 1. The van der Waals surface area contributed by atoms with Gasteiger partial charge in [-0.25, -0.2) is 4.79 Å². The number of carbonyl (C=O) groups is 1. The number of hydrogen-bond donors (Lipinski definition) is 1. The molecule has 1 aromatic rings. The molecule has 0 unspecified atom stereocenters. The molecule has 2 fully saturated rings. The van der Waals surface area contributed by atoms with Crippen LogP contribution in [0.3, 0.4) is 0 Å². The monoisotopic (exact) mass is 383 g/mol. The number of nitrogens with one attached hydrogen (secondary N) is 1. The van der Waals surface area contributed by atoms with Gasteiger partial charge in [0.2, 0.25) is 5.78 Å². The van der Waals surface area contributed by atoms with Gasteiger partial charge < -0.3 is 19.5 Å². The molecular formula is C22H25NO5. The molecule has 2 heterocycles. The predicted molar refractivity (Wildman–Crippen MR) is 102 cm³/mol. The van der Waals surface area contributed by atoms with E-state index in [1.165, 1.54) is 5.56 Å². The van der Waals surface area contributed by atoms with Gasteiger partial charge in [-0.3, -0.25) is 4.79 Å². The second kappa shape index (κ2) is 5.69. The van der Waals surface area contributed by atoms with Crippen molar-refractivity contribution >= 4 is 11.7 Å². The van der Waals surface area contributed by atoms with E-state index in [4.69, 9.17) is 14.2 Å². The summed E-state index contributed by atoms with van der Waals surface area (Å²) in [5, 5.41) is 3.62. The Morgan fingerprint density at radius 1 is 1.39 bits per heavy atom. The molecule has 1 aromatic carbocycles. The zero-order chi connectivity index (χ0) is 19.7. The largest absolute Gasteiger partial charge is 0.493 e. The first-order chi connectivity index (χ1) is 13.5. The molecule has 1 spiro atoms. The molecule has 1 saturated heterocycles. The van der Waals surface area contributed by atoms with Crippen molar-refractivity contribution in [3.05, 3.63) is 28.8 Å². The highest BCUT2D eigenvalue weighted by Crippen LogP contribution is 2.68. The van der Waals surface area contributed by atoms with Crippen molar-refractivity contribution in [3.63, 3.8) is 0 Å². The summed E-state index contributed by atoms with van der Waals surface area (Å²) >= 11 is 0. The minimum absolute atomic E-state index is 0.000908. The van der Waals surface area contributed by atoms with Crippen LogP contribution in [0.1, 0.15) is 44.2 Å². The molecule has 4 atom stereocenters. The van der Waals surface area contributed by atoms with E-state index in [1.807, 2.05) is 18.9 Å². The highest BCUT2D eigenvalue weighted by Gasteiger charge is 2.79. The number of piperidine rings is 1. The maximum Gasteiger partial charge on any atom is 0.214 e. The third-order valence-corrected chi connectivity index (χ3v) is 7.41. The molecule has 2 bridgehead atoms. The van der Waals surface area contributed by atoms with Gasteiger partial charge in [-0.05, 0) is 44.4 Å². The second-order valence-corrected chi connectivity index (χ2v) is 8.46. The van der Waals surface area contributed by atoms with Crippen molar-refractivity contribution in [2.24, 2.45) is 0 Å². The number of rotatable bonds is 4. The van der Waals surface area contributed by atoms with Gasteiger partial charge in [-0.2, -0.15) is 0 Å². The van der Waals surface area contributed by atoms with E-state index < -0.39 is 16.6 Å². The zero-order valence-electron chi connectivity index (χ0n) is 16.5. The molecule has 28 heavy (non-hydrogen) atoms. The summed E-state index contributed by atoms with van der Waals surface area (Å²) in [6.07, 6.45) is 2.59. The summed E-state index contributed by atoms with van der Waals surface area (Å²) in [6, 6.07) is 3.98. The lowest BCUT2D eigenvalue weighted by molar-refractivity contribution is -0.200. The van der Waals surface area contributed by atoms with Crippen LogP contribution in [0, 0.1) is 0 Å². The van der Waals surface area contributed by atoms with Crippen LogP contribution in [0.15, 0.2) is 17.7 Å². The van der Waals surface area contributed by atoms with Crippen LogP contribution >= 0.6 is 0 Å². The number of hydrogen-bond acceptors (Lipinski definition) is 6. The Labute approximate surface area is 164 Å². The first kappa shape index (κ1) is 17.9. The highest BCUT2D eigenvalue weighted by molar-refractivity contribution is 6.11. The number of carbonyl (C=O) groups excluding carboxylic acids is 2. The van der Waals surface area contributed by atoms with Crippen molar-refractivity contribution in [3.8, 4) is 11.5 Å². The second-order valence-electron chi connectivity index (χ2n) is 8.46. The van der Waals surface area contributed by atoms with Gasteiger partial charge in [0.05, 0.1) is 18.1 Å². The van der Waals surface area contributed by atoms with Gasteiger partial charge >= 0.3 is 0 Å². The third kappa shape index (κ3) is 1.73. The van der Waals surface area contributed by atoms with Crippen molar-refractivity contribution in [2.75, 3.05) is 20.3 Å². The van der Waals surface area contributed by atoms with E-state index in [1.54, 1.807) is 7.11 Å². The number of Topliss-reactive ketones (excluding diaryl/α,β-unsaturated/α-hetero) is 1. The first-order valence-electron chi connectivity index (χ1n) is 10.0. The fourth-order valence-corrected chi connectivity index (χ4v) is 6.36. The Bertz CT molecular complexity index is 935. The number of benzene rings is 1. The normalized spacial score (nSPS) is 37.2. The van der Waals surface area contributed by atoms with Gasteiger partial charge in [-0.15, -0.1) is 0 Å². The Hall–Kier alpha value is -2.14. The fraction of sp³-hybridized carbons (Fsp3) is 0.591. The Morgan fingerprint density at radius 3 is 2.93 bits per heavy atom. The zero-order valence-corrected chi connectivity index (χ0v) is 16.5. The minimum atomic E-state index is -1.21. The minimum Gasteiger partial charge on any atom is -0.493 e. The molecule has 4 aliphatic rings. The van der Waals surface area contributed by atoms with Crippen molar-refractivity contribution in [2.45, 2.75) is 62.2 Å². The molecule has 5 rings (SSSR count). The van der Waals surface area contributed by atoms with Crippen LogP contribution in [0.25, 0.3) is 0 Å². The fourth-order valence-electron chi connectivity index (χ4n) is 6.36. The summed E-state index contributed by atoms with van der Waals surface area (Å²) in [5.41, 5.74) is -0.238. The SMILES string of the molecule is CCCO[C@@]12CC(=C=O)C(=O)[C@]3(C)Oc4c(OC)ccc5c4[C@@]31CCN[C@@H]2C5. The van der Waals surface area contributed by atoms with Gasteiger partial charge in [0.15, 0.2) is 17.1 Å². The number of ether oxygens (including phenoxy) is 3. The van der Waals surface area contributed by atoms with Gasteiger partial charge in [0, 0.05) is 24.6 Å². The standard InChI is InChI=1S/C22H25NO5/c1-4-9-27-22-11-14(12-24)19(25)20(2)21(22)7-8-23-16(22)10-13-5-6-15(26-3)18(28-20)17(13)21/h5-6,16,23H,4,7-11H2,1-3H3/t16-,20+,21+,22-/m1/s1. The molecule has 6 heteroatoms. The van der Waals surface area contributed by atoms with Crippen LogP contribution in [0.5, 0.6) is 11.5 Å². The smallest absolute Gasteiger partial charge is 0.214 e. The maximum absolute atomic E-state index is 13.5. The molecule has 1 saturated carbocycles. The summed E-state index contributed by atoms with van der Waals surface area (Å²) in [7, 11) is 1.61. The first-order valence-corrected chi connectivity index (χ1v) is 10.0. The summed E-state index contributed by atoms with van der Waals surface area (Å²) < 4.78 is 18.7. The van der Waals surface area contributed by atoms with Crippen molar-refractivity contribution in [1.29, 1.82) is 0 Å². The molecular weight excluding hydrogens is 358 g/mol. The molecule has 148 valence electrons. The average molecular weight is 383 g/mol. The van der Waals surface area contributed by atoms with E-state index in [2.05, 4.69) is 18.3 Å². The summed E-state index contributed by atoms with van der Waals surface area (Å²) in [6.45, 7) is 5.22. The van der Waals surface area contributed by atoms with Gasteiger partial charge in [0.1, 0.15) is 11.5 Å². The molecule has 2 aliphatic carbocycles. The van der Waals surface area contributed by atoms with Crippen LogP contribution in [0.4, 0.5) is 0 Å². The third-order valence-electron chi connectivity index (χ3n) is 7.41. The molecule has 2 aliphatic heterocycles. The number of ketones is 1. The van der Waals surface area contributed by atoms with E-state index in [9.17, 15) is 9.59 Å². The van der Waals surface area contributed by atoms with E-state index in [0.717, 1.165) is 24.9 Å². The average Bonchev–Trinajstić information content (AvgIpc) is 2.97. The molecule has 6 nitrogen and oxygen atoms in total. The van der Waals surface area contributed by atoms with Crippen LogP contribution < -0.4 is 14.8 Å². The predicted octanol–water partition coefficient (Wildman–Crippen LogP) is 1.90. The summed E-state index contributed by atoms with van der Waals surface area (Å²) in [5.74, 6) is 2.90. The Kier molecular flexibility index (Phi) is 3.64. The van der Waals surface area contributed by atoms with E-state index in [-0.39, 0.29) is 23.8 Å². The Morgan fingerprint density at radius 2 is 2.21 bits per heavy atom. The molecule has 1 N–H and O–H groups in total.